The summed E-state index contributed by atoms with van der Waals surface area (Å²) >= 11 is 1.92. The van der Waals surface area contributed by atoms with Crippen LogP contribution in [-0.2, 0) is 6.54 Å². The summed E-state index contributed by atoms with van der Waals surface area (Å²) in [5.74, 6) is 1.22. The summed E-state index contributed by atoms with van der Waals surface area (Å²) in [7, 11) is 2.19. The van der Waals surface area contributed by atoms with E-state index in [0.29, 0.717) is 6.04 Å². The van der Waals surface area contributed by atoms with Crippen LogP contribution in [-0.4, -0.2) is 30.6 Å². The highest BCUT2D eigenvalue weighted by Crippen LogP contribution is 2.18. The Morgan fingerprint density at radius 3 is 2.30 bits per heavy atom. The van der Waals surface area contributed by atoms with Crippen molar-refractivity contribution in [3.8, 4) is 0 Å². The van der Waals surface area contributed by atoms with E-state index < -0.39 is 0 Å². The van der Waals surface area contributed by atoms with Gasteiger partial charge >= 0.3 is 0 Å². The molecule has 1 aromatic carbocycles. The van der Waals surface area contributed by atoms with Gasteiger partial charge in [-0.2, -0.15) is 11.8 Å². The summed E-state index contributed by atoms with van der Waals surface area (Å²) in [6.45, 7) is 9.81. The predicted octanol–water partition coefficient (Wildman–Crippen LogP) is 4.15. The second-order valence-electron chi connectivity index (χ2n) is 6.51. The maximum Gasteiger partial charge on any atom is 0.0366 e. The highest BCUT2D eigenvalue weighted by Gasteiger charge is 2.11. The number of benzene rings is 1. The molecule has 114 valence electrons. The molecule has 0 aliphatic carbocycles. The van der Waals surface area contributed by atoms with E-state index in [9.17, 15) is 0 Å². The molecule has 0 radical (unpaired) electrons. The molecule has 0 bridgehead atoms. The minimum absolute atomic E-state index is 0.168. The molecule has 0 saturated heterocycles. The first-order chi connectivity index (χ1) is 9.33. The Bertz CT molecular complexity index is 381. The molecule has 1 aromatic rings. The van der Waals surface area contributed by atoms with Gasteiger partial charge in [0.25, 0.3) is 0 Å². The average Bonchev–Trinajstić information content (AvgIpc) is 2.41. The lowest BCUT2D eigenvalue weighted by molar-refractivity contribution is 0.424. The molecular formula is C17H30N2S. The quantitative estimate of drug-likeness (QED) is 0.813. The molecule has 1 atom stereocenters. The number of nitrogens with zero attached hydrogens (tertiary/aromatic N) is 1. The van der Waals surface area contributed by atoms with Crippen LogP contribution in [0.15, 0.2) is 24.3 Å². The molecule has 0 aromatic heterocycles. The predicted molar refractivity (Wildman–Crippen MR) is 93.9 cm³/mol. The van der Waals surface area contributed by atoms with Crippen LogP contribution in [0.1, 0.15) is 39.7 Å². The largest absolute Gasteiger partial charge is 0.372 e. The molecule has 1 rings (SSSR count). The summed E-state index contributed by atoms with van der Waals surface area (Å²) in [5.41, 5.74) is 2.81. The summed E-state index contributed by atoms with van der Waals surface area (Å²) in [4.78, 5) is 2.37. The van der Waals surface area contributed by atoms with Crippen LogP contribution in [0.25, 0.3) is 0 Å². The van der Waals surface area contributed by atoms with E-state index in [-0.39, 0.29) is 5.54 Å². The smallest absolute Gasteiger partial charge is 0.0366 e. The molecule has 1 unspecified atom stereocenters. The molecule has 0 fully saturated rings. The normalized spacial score (nSPS) is 13.3. The van der Waals surface area contributed by atoms with Crippen LogP contribution in [0.5, 0.6) is 0 Å². The molecule has 0 aliphatic heterocycles. The Kier molecular flexibility index (Phi) is 6.90. The Labute approximate surface area is 129 Å². The Balaban J connectivity index is 2.57. The minimum atomic E-state index is 0.168. The van der Waals surface area contributed by atoms with Crippen LogP contribution in [0.4, 0.5) is 5.69 Å². The maximum atomic E-state index is 3.52. The van der Waals surface area contributed by atoms with E-state index in [0.717, 1.165) is 6.54 Å². The van der Waals surface area contributed by atoms with Gasteiger partial charge < -0.3 is 10.2 Å². The van der Waals surface area contributed by atoms with Crippen molar-refractivity contribution in [1.82, 2.24) is 5.32 Å². The molecule has 0 amide bonds. The number of hydrogen-bond acceptors (Lipinski definition) is 3. The second-order valence-corrected chi connectivity index (χ2v) is 7.50. The van der Waals surface area contributed by atoms with Crippen LogP contribution in [0.2, 0.25) is 0 Å². The average molecular weight is 295 g/mol. The third-order valence-electron chi connectivity index (χ3n) is 3.57. The summed E-state index contributed by atoms with van der Waals surface area (Å²) < 4.78 is 0. The molecule has 2 nitrogen and oxygen atoms in total. The van der Waals surface area contributed by atoms with E-state index in [1.165, 1.54) is 23.4 Å². The van der Waals surface area contributed by atoms with E-state index in [4.69, 9.17) is 0 Å². The lowest BCUT2D eigenvalue weighted by Gasteiger charge is -2.27. The third kappa shape index (κ3) is 6.19. The van der Waals surface area contributed by atoms with Gasteiger partial charge in [0.05, 0.1) is 0 Å². The van der Waals surface area contributed by atoms with Crippen molar-refractivity contribution in [2.24, 2.45) is 0 Å². The monoisotopic (exact) mass is 294 g/mol. The molecule has 0 saturated carbocycles. The summed E-state index contributed by atoms with van der Waals surface area (Å²) in [6, 6.07) is 9.50. The lowest BCUT2D eigenvalue weighted by atomic mass is 10.1. The fraction of sp³-hybridized carbons (Fsp3) is 0.647. The van der Waals surface area contributed by atoms with Crippen LogP contribution in [0.3, 0.4) is 0 Å². The van der Waals surface area contributed by atoms with Crippen molar-refractivity contribution in [3.05, 3.63) is 29.8 Å². The van der Waals surface area contributed by atoms with Crippen molar-refractivity contribution in [3.63, 3.8) is 0 Å². The number of rotatable bonds is 7. The van der Waals surface area contributed by atoms with E-state index in [2.05, 4.69) is 75.5 Å². The SMILES string of the molecule is CSCCC(C)N(C)c1ccc(CNC(C)(C)C)cc1. The van der Waals surface area contributed by atoms with Gasteiger partial charge in [0.1, 0.15) is 0 Å². The first-order valence-corrected chi connectivity index (χ1v) is 8.78. The van der Waals surface area contributed by atoms with Gasteiger partial charge in [-0.15, -0.1) is 0 Å². The maximum absolute atomic E-state index is 3.52. The van der Waals surface area contributed by atoms with Crippen molar-refractivity contribution in [1.29, 1.82) is 0 Å². The van der Waals surface area contributed by atoms with Gasteiger partial charge in [0, 0.05) is 30.9 Å². The third-order valence-corrected chi connectivity index (χ3v) is 4.21. The summed E-state index contributed by atoms with van der Waals surface area (Å²) in [6.07, 6.45) is 3.40. The highest BCUT2D eigenvalue weighted by molar-refractivity contribution is 7.98. The molecule has 0 aliphatic rings. The lowest BCUT2D eigenvalue weighted by Crippen LogP contribution is -2.35. The fourth-order valence-electron chi connectivity index (χ4n) is 1.95. The number of anilines is 1. The Morgan fingerprint density at radius 1 is 1.20 bits per heavy atom. The number of hydrogen-bond donors (Lipinski definition) is 1. The van der Waals surface area contributed by atoms with E-state index in [1.807, 2.05) is 11.8 Å². The molecule has 3 heteroatoms. The standard InChI is InChI=1S/C17H30N2S/c1-14(11-12-20-6)19(5)16-9-7-15(8-10-16)13-18-17(2,3)4/h7-10,14,18H,11-13H2,1-6H3. The van der Waals surface area contributed by atoms with Crippen LogP contribution in [0, 0.1) is 0 Å². The van der Waals surface area contributed by atoms with Crippen molar-refractivity contribution in [2.75, 3.05) is 24.0 Å². The zero-order chi connectivity index (χ0) is 15.2. The van der Waals surface area contributed by atoms with Crippen molar-refractivity contribution >= 4 is 17.4 Å². The first-order valence-electron chi connectivity index (χ1n) is 7.39. The van der Waals surface area contributed by atoms with Crippen LogP contribution < -0.4 is 10.2 Å². The van der Waals surface area contributed by atoms with Gasteiger partial charge in [-0.1, -0.05) is 12.1 Å². The van der Waals surface area contributed by atoms with E-state index in [1.54, 1.807) is 0 Å². The highest BCUT2D eigenvalue weighted by atomic mass is 32.2. The minimum Gasteiger partial charge on any atom is -0.372 e. The van der Waals surface area contributed by atoms with Crippen LogP contribution >= 0.6 is 11.8 Å². The van der Waals surface area contributed by atoms with Gasteiger partial charge in [-0.25, -0.2) is 0 Å². The van der Waals surface area contributed by atoms with E-state index >= 15 is 0 Å². The molecular weight excluding hydrogens is 264 g/mol. The fourth-order valence-corrected chi connectivity index (χ4v) is 2.53. The van der Waals surface area contributed by atoms with Gasteiger partial charge in [0.2, 0.25) is 0 Å². The Morgan fingerprint density at radius 2 is 1.80 bits per heavy atom. The number of thioether (sulfide) groups is 1. The molecule has 1 N–H and O–H groups in total. The zero-order valence-corrected chi connectivity index (χ0v) is 14.7. The second kappa shape index (κ2) is 7.94. The number of nitrogens with one attached hydrogen (secondary N) is 1. The van der Waals surface area contributed by atoms with Crippen molar-refractivity contribution < 1.29 is 0 Å². The van der Waals surface area contributed by atoms with Crippen molar-refractivity contribution in [2.45, 2.75) is 52.2 Å². The Hall–Kier alpha value is -0.670. The topological polar surface area (TPSA) is 15.3 Å². The summed E-state index contributed by atoms with van der Waals surface area (Å²) in [5, 5.41) is 3.52. The van der Waals surface area contributed by atoms with Gasteiger partial charge in [0.15, 0.2) is 0 Å². The first kappa shape index (κ1) is 17.4. The van der Waals surface area contributed by atoms with Gasteiger partial charge in [-0.05, 0) is 63.8 Å². The molecule has 0 spiro atoms. The zero-order valence-electron chi connectivity index (χ0n) is 13.9. The molecule has 20 heavy (non-hydrogen) atoms. The molecule has 0 heterocycles. The van der Waals surface area contributed by atoms with Gasteiger partial charge in [-0.3, -0.25) is 0 Å².